The molecule has 0 bridgehead atoms. The first-order valence-corrected chi connectivity index (χ1v) is 13.2. The van der Waals surface area contributed by atoms with Gasteiger partial charge in [-0.25, -0.2) is 4.98 Å². The molecule has 3 heterocycles. The van der Waals surface area contributed by atoms with Gasteiger partial charge in [-0.15, -0.1) is 0 Å². The second-order valence-electron chi connectivity index (χ2n) is 8.96. The summed E-state index contributed by atoms with van der Waals surface area (Å²) in [5.41, 5.74) is 1.58. The molecule has 0 radical (unpaired) electrons. The Morgan fingerprint density at radius 1 is 1.05 bits per heavy atom. The van der Waals surface area contributed by atoms with E-state index >= 15 is 0 Å². The molecular formula is C29H23BrN4O5. The van der Waals surface area contributed by atoms with Gasteiger partial charge < -0.3 is 18.8 Å². The van der Waals surface area contributed by atoms with Crippen molar-refractivity contribution < 1.29 is 18.7 Å². The van der Waals surface area contributed by atoms with Gasteiger partial charge in [-0.2, -0.15) is 9.78 Å². The highest BCUT2D eigenvalue weighted by Gasteiger charge is 2.18. The fourth-order valence-electron chi connectivity index (χ4n) is 4.37. The zero-order valence-corrected chi connectivity index (χ0v) is 22.3. The zero-order chi connectivity index (χ0) is 26.8. The van der Waals surface area contributed by atoms with Crippen molar-refractivity contribution >= 4 is 49.9 Å². The van der Waals surface area contributed by atoms with Crippen LogP contribution in [0, 0.1) is 0 Å². The van der Waals surface area contributed by atoms with Gasteiger partial charge in [0.25, 0.3) is 11.5 Å². The quantitative estimate of drug-likeness (QED) is 0.268. The number of fused-ring (bicyclic) bond motifs is 2. The van der Waals surface area contributed by atoms with E-state index in [0.717, 1.165) is 9.86 Å². The molecule has 39 heavy (non-hydrogen) atoms. The number of benzene rings is 3. The van der Waals surface area contributed by atoms with Crippen LogP contribution in [0.5, 0.6) is 5.75 Å². The Kier molecular flexibility index (Phi) is 6.95. The Bertz CT molecular complexity index is 1770. The SMILES string of the molecule is O=C(COc1cccc(C=Nn2c(-c3cc4cc(Br)ccc4o3)nc3ccccc3c2=O)c1)N1CCOCC1. The maximum atomic E-state index is 13.5. The molecular weight excluding hydrogens is 564 g/mol. The predicted octanol–water partition coefficient (Wildman–Crippen LogP) is 4.69. The highest BCUT2D eigenvalue weighted by Crippen LogP contribution is 2.29. The second-order valence-corrected chi connectivity index (χ2v) is 9.88. The molecule has 5 aromatic rings. The van der Waals surface area contributed by atoms with Crippen LogP contribution in [-0.2, 0) is 9.53 Å². The van der Waals surface area contributed by atoms with Gasteiger partial charge in [0.1, 0.15) is 11.3 Å². The van der Waals surface area contributed by atoms with Gasteiger partial charge in [-0.3, -0.25) is 9.59 Å². The van der Waals surface area contributed by atoms with E-state index in [1.807, 2.05) is 36.4 Å². The van der Waals surface area contributed by atoms with Crippen molar-refractivity contribution in [2.24, 2.45) is 5.10 Å². The molecule has 1 fully saturated rings. The molecule has 1 amide bonds. The number of hydrogen-bond donors (Lipinski definition) is 0. The van der Waals surface area contributed by atoms with Crippen LogP contribution in [0.25, 0.3) is 33.5 Å². The molecule has 0 unspecified atom stereocenters. The minimum absolute atomic E-state index is 0.0685. The standard InChI is InChI=1S/C29H23BrN4O5/c30-21-8-9-25-20(15-21)16-26(39-25)28-32-24-7-2-1-6-23(24)29(36)34(28)31-17-19-4-3-5-22(14-19)38-18-27(35)33-10-12-37-13-11-33/h1-9,14-17H,10-13,18H2. The molecule has 3 aromatic carbocycles. The Hall–Kier alpha value is -4.28. The number of carbonyl (C=O) groups excluding carboxylic acids is 1. The number of furan rings is 1. The molecule has 196 valence electrons. The van der Waals surface area contributed by atoms with E-state index in [9.17, 15) is 9.59 Å². The highest BCUT2D eigenvalue weighted by molar-refractivity contribution is 9.10. The van der Waals surface area contributed by atoms with Crippen molar-refractivity contribution in [1.82, 2.24) is 14.6 Å². The monoisotopic (exact) mass is 586 g/mol. The molecule has 1 aliphatic heterocycles. The first-order valence-electron chi connectivity index (χ1n) is 12.4. The van der Waals surface area contributed by atoms with Gasteiger partial charge in [0, 0.05) is 22.9 Å². The summed E-state index contributed by atoms with van der Waals surface area (Å²) in [4.78, 5) is 32.4. The number of morpholine rings is 1. The number of carbonyl (C=O) groups is 1. The van der Waals surface area contributed by atoms with E-state index in [4.69, 9.17) is 18.9 Å². The van der Waals surface area contributed by atoms with Crippen molar-refractivity contribution in [3.05, 3.63) is 93.2 Å². The first kappa shape index (κ1) is 25.0. The van der Waals surface area contributed by atoms with Crippen molar-refractivity contribution in [1.29, 1.82) is 0 Å². The Balaban J connectivity index is 1.32. The van der Waals surface area contributed by atoms with Crippen molar-refractivity contribution in [3.63, 3.8) is 0 Å². The maximum absolute atomic E-state index is 13.5. The summed E-state index contributed by atoms with van der Waals surface area (Å²) in [6.45, 7) is 2.13. The molecule has 0 N–H and O–H groups in total. The fourth-order valence-corrected chi connectivity index (χ4v) is 4.75. The number of amides is 1. The van der Waals surface area contributed by atoms with Crippen LogP contribution in [-0.4, -0.2) is 59.6 Å². The number of para-hydroxylation sites is 1. The van der Waals surface area contributed by atoms with Crippen LogP contribution in [0.2, 0.25) is 0 Å². The van der Waals surface area contributed by atoms with Gasteiger partial charge in [0.15, 0.2) is 12.4 Å². The molecule has 1 aliphatic rings. The molecule has 0 spiro atoms. The third-order valence-electron chi connectivity index (χ3n) is 6.36. The lowest BCUT2D eigenvalue weighted by atomic mass is 10.2. The third-order valence-corrected chi connectivity index (χ3v) is 6.85. The molecule has 2 aromatic heterocycles. The summed E-state index contributed by atoms with van der Waals surface area (Å²) < 4.78 is 19.2. The second kappa shape index (κ2) is 10.8. The summed E-state index contributed by atoms with van der Waals surface area (Å²) in [5.74, 6) is 1.13. The molecule has 9 nitrogen and oxygen atoms in total. The summed E-state index contributed by atoms with van der Waals surface area (Å²) in [5, 5.41) is 5.81. The van der Waals surface area contributed by atoms with Crippen LogP contribution in [0.15, 0.2) is 91.6 Å². The highest BCUT2D eigenvalue weighted by atomic mass is 79.9. The van der Waals surface area contributed by atoms with Crippen molar-refractivity contribution in [3.8, 4) is 17.3 Å². The van der Waals surface area contributed by atoms with E-state index in [1.165, 1.54) is 4.68 Å². The van der Waals surface area contributed by atoms with E-state index < -0.39 is 0 Å². The van der Waals surface area contributed by atoms with Gasteiger partial charge >= 0.3 is 0 Å². The first-order chi connectivity index (χ1) is 19.0. The van der Waals surface area contributed by atoms with Gasteiger partial charge in [0.05, 0.1) is 30.3 Å². The molecule has 0 aliphatic carbocycles. The average Bonchev–Trinajstić information content (AvgIpc) is 3.39. The predicted molar refractivity (Wildman–Crippen MR) is 151 cm³/mol. The summed E-state index contributed by atoms with van der Waals surface area (Å²) in [7, 11) is 0. The number of hydrogen-bond acceptors (Lipinski definition) is 7. The lowest BCUT2D eigenvalue weighted by molar-refractivity contribution is -0.137. The lowest BCUT2D eigenvalue weighted by Gasteiger charge is -2.26. The minimum Gasteiger partial charge on any atom is -0.484 e. The Morgan fingerprint density at radius 3 is 2.77 bits per heavy atom. The number of aromatic nitrogens is 2. The largest absolute Gasteiger partial charge is 0.484 e. The van der Waals surface area contributed by atoms with E-state index in [2.05, 4.69) is 21.0 Å². The van der Waals surface area contributed by atoms with Crippen LogP contribution >= 0.6 is 15.9 Å². The summed E-state index contributed by atoms with van der Waals surface area (Å²) in [6.07, 6.45) is 1.55. The number of halogens is 1. The molecule has 0 saturated carbocycles. The van der Waals surface area contributed by atoms with E-state index in [1.54, 1.807) is 47.5 Å². The Morgan fingerprint density at radius 2 is 1.90 bits per heavy atom. The molecule has 10 heteroatoms. The van der Waals surface area contributed by atoms with Gasteiger partial charge in [0.2, 0.25) is 5.82 Å². The van der Waals surface area contributed by atoms with Crippen molar-refractivity contribution in [2.75, 3.05) is 32.9 Å². The molecule has 1 saturated heterocycles. The summed E-state index contributed by atoms with van der Waals surface area (Å²) >= 11 is 3.48. The Labute approximate surface area is 231 Å². The van der Waals surface area contributed by atoms with E-state index in [-0.39, 0.29) is 23.9 Å². The maximum Gasteiger partial charge on any atom is 0.282 e. The van der Waals surface area contributed by atoms with Gasteiger partial charge in [-0.1, -0.05) is 40.2 Å². The van der Waals surface area contributed by atoms with Crippen LogP contribution in [0.4, 0.5) is 0 Å². The minimum atomic E-state index is -0.322. The number of ether oxygens (including phenoxy) is 2. The number of nitrogens with zero attached hydrogens (tertiary/aromatic N) is 4. The number of rotatable bonds is 6. The smallest absolute Gasteiger partial charge is 0.282 e. The van der Waals surface area contributed by atoms with Crippen molar-refractivity contribution in [2.45, 2.75) is 0 Å². The average molecular weight is 587 g/mol. The normalized spacial score (nSPS) is 13.9. The lowest BCUT2D eigenvalue weighted by Crippen LogP contribution is -2.42. The van der Waals surface area contributed by atoms with Gasteiger partial charge in [-0.05, 0) is 54.1 Å². The summed E-state index contributed by atoms with van der Waals surface area (Å²) in [6, 6.07) is 21.8. The molecule has 6 rings (SSSR count). The molecule has 0 atom stereocenters. The van der Waals surface area contributed by atoms with Crippen LogP contribution < -0.4 is 10.3 Å². The fraction of sp³-hybridized carbons (Fsp3) is 0.172. The topological polar surface area (TPSA) is 99.2 Å². The third kappa shape index (κ3) is 5.34. The van der Waals surface area contributed by atoms with Crippen LogP contribution in [0.3, 0.4) is 0 Å². The van der Waals surface area contributed by atoms with E-state index in [0.29, 0.717) is 59.9 Å². The zero-order valence-electron chi connectivity index (χ0n) is 20.7. The van der Waals surface area contributed by atoms with Crippen LogP contribution in [0.1, 0.15) is 5.56 Å².